The number of carbonyl (C=O) groups is 2. The Morgan fingerprint density at radius 3 is 2.69 bits per heavy atom. The Balaban J connectivity index is 2.39. The van der Waals surface area contributed by atoms with Gasteiger partial charge in [-0.1, -0.05) is 5.57 Å². The van der Waals surface area contributed by atoms with Crippen molar-refractivity contribution >= 4 is 11.9 Å². The number of methoxy groups -OCH3 is 1. The van der Waals surface area contributed by atoms with Crippen LogP contribution in [0.4, 0.5) is 0 Å². The number of nitrogens with zero attached hydrogens (tertiary/aromatic N) is 1. The molecule has 2 rings (SSSR count). The topological polar surface area (TPSA) is 46.6 Å². The highest BCUT2D eigenvalue weighted by Crippen LogP contribution is 2.43. The molecule has 0 aromatic rings. The van der Waals surface area contributed by atoms with Crippen LogP contribution in [0, 0.1) is 0 Å². The predicted octanol–water partition coefficient (Wildman–Crippen LogP) is 1.26. The van der Waals surface area contributed by atoms with Crippen molar-refractivity contribution in [3.63, 3.8) is 0 Å². The number of ether oxygens (including phenoxy) is 1. The van der Waals surface area contributed by atoms with Gasteiger partial charge in [0.25, 0.3) is 0 Å². The first kappa shape index (κ1) is 11.2. The third-order valence-corrected chi connectivity index (χ3v) is 3.70. The summed E-state index contributed by atoms with van der Waals surface area (Å²) in [5, 5.41) is 0. The Morgan fingerprint density at radius 1 is 1.44 bits per heavy atom. The Bertz CT molecular complexity index is 382. The third kappa shape index (κ3) is 1.36. The van der Waals surface area contributed by atoms with E-state index in [1.165, 1.54) is 18.3 Å². The molecular weight excluding hydrogens is 206 g/mol. The minimum Gasteiger partial charge on any atom is -0.467 e. The van der Waals surface area contributed by atoms with E-state index in [-0.39, 0.29) is 11.9 Å². The fourth-order valence-electron chi connectivity index (χ4n) is 2.65. The molecule has 4 heteroatoms. The van der Waals surface area contributed by atoms with E-state index in [0.29, 0.717) is 25.8 Å². The highest BCUT2D eigenvalue weighted by Gasteiger charge is 2.56. The van der Waals surface area contributed by atoms with Crippen molar-refractivity contribution in [3.05, 3.63) is 11.1 Å². The molecule has 2 aliphatic rings. The molecule has 1 unspecified atom stereocenters. The van der Waals surface area contributed by atoms with Gasteiger partial charge in [0.2, 0.25) is 5.91 Å². The monoisotopic (exact) mass is 223 g/mol. The van der Waals surface area contributed by atoms with Crippen LogP contribution in [-0.2, 0) is 14.3 Å². The molecule has 1 atom stereocenters. The normalized spacial score (nSPS) is 28.3. The molecule has 0 spiro atoms. The van der Waals surface area contributed by atoms with Gasteiger partial charge < -0.3 is 9.64 Å². The molecule has 16 heavy (non-hydrogen) atoms. The molecule has 0 bridgehead atoms. The summed E-state index contributed by atoms with van der Waals surface area (Å²) in [6.45, 7) is 4.64. The van der Waals surface area contributed by atoms with Crippen LogP contribution in [-0.4, -0.2) is 36.0 Å². The molecule has 2 fully saturated rings. The first-order valence-corrected chi connectivity index (χ1v) is 5.55. The van der Waals surface area contributed by atoms with Crippen molar-refractivity contribution < 1.29 is 14.3 Å². The first-order chi connectivity index (χ1) is 7.51. The molecule has 2 aliphatic heterocycles. The van der Waals surface area contributed by atoms with Crippen LogP contribution < -0.4 is 0 Å². The Kier molecular flexibility index (Phi) is 2.52. The number of fused-ring (bicyclic) bond motifs is 1. The van der Waals surface area contributed by atoms with Gasteiger partial charge >= 0.3 is 5.97 Å². The van der Waals surface area contributed by atoms with E-state index in [4.69, 9.17) is 4.74 Å². The number of rotatable bonds is 1. The van der Waals surface area contributed by atoms with Crippen LogP contribution in [0.15, 0.2) is 11.1 Å². The molecule has 0 radical (unpaired) electrons. The molecule has 0 aromatic carbocycles. The first-order valence-electron chi connectivity index (χ1n) is 5.55. The maximum atomic E-state index is 11.9. The van der Waals surface area contributed by atoms with Crippen LogP contribution in [0.5, 0.6) is 0 Å². The van der Waals surface area contributed by atoms with E-state index in [1.54, 1.807) is 4.90 Å². The molecule has 88 valence electrons. The highest BCUT2D eigenvalue weighted by molar-refractivity contribution is 5.93. The molecule has 4 nitrogen and oxygen atoms in total. The minimum absolute atomic E-state index is 0.0710. The van der Waals surface area contributed by atoms with Crippen LogP contribution in [0.3, 0.4) is 0 Å². The number of hydrogen-bond donors (Lipinski definition) is 0. The molecule has 0 saturated carbocycles. The Hall–Kier alpha value is -1.32. The largest absolute Gasteiger partial charge is 0.467 e. The summed E-state index contributed by atoms with van der Waals surface area (Å²) >= 11 is 0. The summed E-state index contributed by atoms with van der Waals surface area (Å²) in [6.07, 6.45) is 1.70. The van der Waals surface area contributed by atoms with Crippen molar-refractivity contribution in [2.24, 2.45) is 0 Å². The summed E-state index contributed by atoms with van der Waals surface area (Å²) in [5.41, 5.74) is 1.70. The minimum atomic E-state index is -0.696. The zero-order valence-corrected chi connectivity index (χ0v) is 10.0. The van der Waals surface area contributed by atoms with Crippen LogP contribution >= 0.6 is 0 Å². The van der Waals surface area contributed by atoms with E-state index in [1.807, 2.05) is 13.8 Å². The SMILES string of the molecule is COC(=O)C12CCC(=O)N1CC(=C(C)C)C2. The van der Waals surface area contributed by atoms with Gasteiger partial charge in [0.05, 0.1) is 7.11 Å². The molecule has 0 aromatic heterocycles. The molecule has 0 N–H and O–H groups in total. The van der Waals surface area contributed by atoms with Crippen molar-refractivity contribution in [2.45, 2.75) is 38.6 Å². The van der Waals surface area contributed by atoms with Gasteiger partial charge in [0.1, 0.15) is 5.54 Å². The van der Waals surface area contributed by atoms with Gasteiger partial charge in [0.15, 0.2) is 0 Å². The number of esters is 1. The zero-order chi connectivity index (χ0) is 11.9. The highest BCUT2D eigenvalue weighted by atomic mass is 16.5. The predicted molar refractivity (Wildman–Crippen MR) is 58.7 cm³/mol. The van der Waals surface area contributed by atoms with Crippen LogP contribution in [0.2, 0.25) is 0 Å². The zero-order valence-electron chi connectivity index (χ0n) is 10.0. The second-order valence-electron chi connectivity index (χ2n) is 4.78. The lowest BCUT2D eigenvalue weighted by atomic mass is 9.91. The standard InChI is InChI=1S/C12H17NO3/c1-8(2)9-6-12(11(15)16-3)5-4-10(14)13(12)7-9/h4-7H2,1-3H3. The lowest BCUT2D eigenvalue weighted by Gasteiger charge is -2.27. The van der Waals surface area contributed by atoms with E-state index >= 15 is 0 Å². The third-order valence-electron chi connectivity index (χ3n) is 3.70. The maximum Gasteiger partial charge on any atom is 0.332 e. The second kappa shape index (κ2) is 3.61. The Morgan fingerprint density at radius 2 is 2.12 bits per heavy atom. The molecule has 1 amide bonds. The fraction of sp³-hybridized carbons (Fsp3) is 0.667. The van der Waals surface area contributed by atoms with E-state index in [9.17, 15) is 9.59 Å². The van der Waals surface area contributed by atoms with Gasteiger partial charge in [-0.15, -0.1) is 0 Å². The van der Waals surface area contributed by atoms with Crippen molar-refractivity contribution in [3.8, 4) is 0 Å². The van der Waals surface area contributed by atoms with Gasteiger partial charge in [-0.05, 0) is 25.8 Å². The van der Waals surface area contributed by atoms with Crippen molar-refractivity contribution in [1.29, 1.82) is 0 Å². The average molecular weight is 223 g/mol. The van der Waals surface area contributed by atoms with E-state index in [0.717, 1.165) is 0 Å². The van der Waals surface area contributed by atoms with Crippen LogP contribution in [0.1, 0.15) is 33.1 Å². The summed E-state index contributed by atoms with van der Waals surface area (Å²) in [4.78, 5) is 25.3. The molecule has 0 aliphatic carbocycles. The summed E-state index contributed by atoms with van der Waals surface area (Å²) in [6, 6.07) is 0. The average Bonchev–Trinajstić information content (AvgIpc) is 2.77. The summed E-state index contributed by atoms with van der Waals surface area (Å²) in [5.74, 6) is -0.198. The van der Waals surface area contributed by atoms with Gasteiger partial charge in [0, 0.05) is 19.4 Å². The van der Waals surface area contributed by atoms with E-state index in [2.05, 4.69) is 0 Å². The molecule has 2 saturated heterocycles. The smallest absolute Gasteiger partial charge is 0.332 e. The molecule has 2 heterocycles. The van der Waals surface area contributed by atoms with Crippen LogP contribution in [0.25, 0.3) is 0 Å². The van der Waals surface area contributed by atoms with Crippen molar-refractivity contribution in [2.75, 3.05) is 13.7 Å². The number of allylic oxidation sites excluding steroid dienone is 1. The van der Waals surface area contributed by atoms with Gasteiger partial charge in [-0.2, -0.15) is 0 Å². The number of amides is 1. The summed E-state index contributed by atoms with van der Waals surface area (Å²) in [7, 11) is 1.39. The lowest BCUT2D eigenvalue weighted by molar-refractivity contribution is -0.155. The number of carbonyl (C=O) groups excluding carboxylic acids is 2. The fourth-order valence-corrected chi connectivity index (χ4v) is 2.65. The Labute approximate surface area is 95.2 Å². The summed E-state index contributed by atoms with van der Waals surface area (Å²) < 4.78 is 4.86. The van der Waals surface area contributed by atoms with Gasteiger partial charge in [-0.25, -0.2) is 4.79 Å². The van der Waals surface area contributed by atoms with Gasteiger partial charge in [-0.3, -0.25) is 4.79 Å². The molecular formula is C12H17NO3. The maximum absolute atomic E-state index is 11.9. The second-order valence-corrected chi connectivity index (χ2v) is 4.78. The number of hydrogen-bond acceptors (Lipinski definition) is 3. The van der Waals surface area contributed by atoms with Crippen molar-refractivity contribution in [1.82, 2.24) is 4.90 Å². The lowest BCUT2D eigenvalue weighted by Crippen LogP contribution is -2.47. The quantitative estimate of drug-likeness (QED) is 0.496. The van der Waals surface area contributed by atoms with E-state index < -0.39 is 5.54 Å².